The zero-order chi connectivity index (χ0) is 16.3. The number of hydrogen-bond donors (Lipinski definition) is 2. The lowest BCUT2D eigenvalue weighted by atomic mass is 9.94. The fraction of sp³-hybridized carbons (Fsp3) is 0.500. The Labute approximate surface area is 129 Å². The SMILES string of the molecule is Cc1ccc(S(=O)(=O)OC[C@@H](O)CC2CN(C(=O)O)C2)cc1. The maximum Gasteiger partial charge on any atom is 0.407 e. The Balaban J connectivity index is 1.79. The Bertz CT molecular complexity index is 621. The summed E-state index contributed by atoms with van der Waals surface area (Å²) in [6.07, 6.45) is -1.61. The minimum absolute atomic E-state index is 0.0387. The van der Waals surface area contributed by atoms with Crippen molar-refractivity contribution in [2.75, 3.05) is 19.7 Å². The van der Waals surface area contributed by atoms with Gasteiger partial charge in [-0.25, -0.2) is 4.79 Å². The Morgan fingerprint density at radius 2 is 1.95 bits per heavy atom. The van der Waals surface area contributed by atoms with Crippen LogP contribution in [0.1, 0.15) is 12.0 Å². The summed E-state index contributed by atoms with van der Waals surface area (Å²) < 4.78 is 28.7. The molecule has 0 bridgehead atoms. The number of nitrogens with zero attached hydrogens (tertiary/aromatic N) is 1. The minimum atomic E-state index is -3.89. The van der Waals surface area contributed by atoms with Crippen LogP contribution < -0.4 is 0 Å². The monoisotopic (exact) mass is 329 g/mol. The fourth-order valence-corrected chi connectivity index (χ4v) is 3.21. The predicted molar refractivity (Wildman–Crippen MR) is 78.0 cm³/mol. The topological polar surface area (TPSA) is 104 Å². The molecule has 7 nitrogen and oxygen atoms in total. The summed E-state index contributed by atoms with van der Waals surface area (Å²) >= 11 is 0. The second-order valence-corrected chi connectivity index (χ2v) is 7.11. The van der Waals surface area contributed by atoms with E-state index in [1.54, 1.807) is 12.1 Å². The van der Waals surface area contributed by atoms with Crippen molar-refractivity contribution in [3.8, 4) is 0 Å². The molecule has 1 fully saturated rings. The third kappa shape index (κ3) is 4.19. The first kappa shape index (κ1) is 16.7. The Morgan fingerprint density at radius 3 is 2.50 bits per heavy atom. The van der Waals surface area contributed by atoms with Crippen molar-refractivity contribution in [1.29, 1.82) is 0 Å². The molecule has 1 aliphatic heterocycles. The standard InChI is InChI=1S/C14H19NO6S/c1-10-2-4-13(5-3-10)22(19,20)21-9-12(16)6-11-7-15(8-11)14(17)18/h2-5,11-12,16H,6-9H2,1H3,(H,17,18)/t12-/m0/s1. The largest absolute Gasteiger partial charge is 0.465 e. The molecule has 1 aromatic rings. The summed E-state index contributed by atoms with van der Waals surface area (Å²) in [5, 5.41) is 18.5. The van der Waals surface area contributed by atoms with Crippen LogP contribution in [0.5, 0.6) is 0 Å². The number of amides is 1. The van der Waals surface area contributed by atoms with Gasteiger partial charge in [-0.15, -0.1) is 0 Å². The van der Waals surface area contributed by atoms with E-state index >= 15 is 0 Å². The van der Waals surface area contributed by atoms with Gasteiger partial charge in [-0.2, -0.15) is 8.42 Å². The van der Waals surface area contributed by atoms with E-state index in [1.807, 2.05) is 6.92 Å². The van der Waals surface area contributed by atoms with Crippen molar-refractivity contribution in [2.24, 2.45) is 5.92 Å². The zero-order valence-electron chi connectivity index (χ0n) is 12.2. The normalized spacial score (nSPS) is 17.1. The highest BCUT2D eigenvalue weighted by Crippen LogP contribution is 2.21. The first-order valence-electron chi connectivity index (χ1n) is 6.90. The molecule has 0 aromatic heterocycles. The van der Waals surface area contributed by atoms with E-state index in [1.165, 1.54) is 17.0 Å². The Hall–Kier alpha value is -1.64. The Morgan fingerprint density at radius 1 is 1.36 bits per heavy atom. The maximum absolute atomic E-state index is 11.9. The summed E-state index contributed by atoms with van der Waals surface area (Å²) in [6, 6.07) is 6.24. The highest BCUT2D eigenvalue weighted by molar-refractivity contribution is 7.86. The van der Waals surface area contributed by atoms with Gasteiger partial charge < -0.3 is 15.1 Å². The van der Waals surface area contributed by atoms with Crippen LogP contribution in [0.4, 0.5) is 4.79 Å². The average molecular weight is 329 g/mol. The second kappa shape index (κ2) is 6.64. The highest BCUT2D eigenvalue weighted by Gasteiger charge is 2.32. The van der Waals surface area contributed by atoms with Crippen molar-refractivity contribution in [3.63, 3.8) is 0 Å². The molecule has 0 radical (unpaired) electrons. The van der Waals surface area contributed by atoms with E-state index < -0.39 is 22.3 Å². The molecule has 8 heteroatoms. The van der Waals surface area contributed by atoms with Gasteiger partial charge in [-0.3, -0.25) is 4.18 Å². The molecule has 1 aromatic carbocycles. The molecule has 1 heterocycles. The number of carbonyl (C=O) groups is 1. The Kier molecular flexibility index (Phi) is 5.05. The molecule has 22 heavy (non-hydrogen) atoms. The number of aliphatic hydroxyl groups excluding tert-OH is 1. The number of aryl methyl sites for hydroxylation is 1. The predicted octanol–water partition coefficient (Wildman–Crippen LogP) is 1.06. The molecule has 1 atom stereocenters. The van der Waals surface area contributed by atoms with E-state index in [-0.39, 0.29) is 17.4 Å². The van der Waals surface area contributed by atoms with E-state index in [9.17, 15) is 18.3 Å². The minimum Gasteiger partial charge on any atom is -0.465 e. The van der Waals surface area contributed by atoms with Gasteiger partial charge >= 0.3 is 6.09 Å². The van der Waals surface area contributed by atoms with Crippen LogP contribution in [0.15, 0.2) is 29.2 Å². The van der Waals surface area contributed by atoms with Gasteiger partial charge in [0.15, 0.2) is 0 Å². The molecule has 2 rings (SSSR count). The molecule has 0 unspecified atom stereocenters. The van der Waals surface area contributed by atoms with Gasteiger partial charge in [0.2, 0.25) is 0 Å². The summed E-state index contributed by atoms with van der Waals surface area (Å²) in [7, 11) is -3.89. The highest BCUT2D eigenvalue weighted by atomic mass is 32.2. The third-order valence-electron chi connectivity index (χ3n) is 3.56. The number of rotatable bonds is 6. The van der Waals surface area contributed by atoms with Gasteiger partial charge in [0.1, 0.15) is 0 Å². The summed E-state index contributed by atoms with van der Waals surface area (Å²) in [4.78, 5) is 11.9. The second-order valence-electron chi connectivity index (χ2n) is 5.49. The first-order valence-corrected chi connectivity index (χ1v) is 8.31. The summed E-state index contributed by atoms with van der Waals surface area (Å²) in [5.41, 5.74) is 0.937. The van der Waals surface area contributed by atoms with Crippen LogP contribution in [-0.4, -0.2) is 55.4 Å². The molecule has 2 N–H and O–H groups in total. The smallest absolute Gasteiger partial charge is 0.407 e. The van der Waals surface area contributed by atoms with Crippen LogP contribution >= 0.6 is 0 Å². The number of carboxylic acid groups (broad SMARTS) is 1. The third-order valence-corrected chi connectivity index (χ3v) is 4.85. The quantitative estimate of drug-likeness (QED) is 0.756. The number of benzene rings is 1. The summed E-state index contributed by atoms with van der Waals surface area (Å²) in [5.74, 6) is 0.0387. The van der Waals surface area contributed by atoms with E-state index in [2.05, 4.69) is 0 Å². The van der Waals surface area contributed by atoms with Crippen LogP contribution in [0.2, 0.25) is 0 Å². The van der Waals surface area contributed by atoms with Gasteiger partial charge in [0, 0.05) is 13.1 Å². The van der Waals surface area contributed by atoms with E-state index in [0.717, 1.165) is 5.56 Å². The first-order chi connectivity index (χ1) is 10.3. The lowest BCUT2D eigenvalue weighted by molar-refractivity contribution is 0.0333. The van der Waals surface area contributed by atoms with Crippen LogP contribution in [0.25, 0.3) is 0 Å². The van der Waals surface area contributed by atoms with Crippen molar-refractivity contribution in [1.82, 2.24) is 4.90 Å². The molecule has 1 aliphatic rings. The zero-order valence-corrected chi connectivity index (χ0v) is 13.0. The molecule has 0 saturated carbocycles. The molecular weight excluding hydrogens is 310 g/mol. The van der Waals surface area contributed by atoms with Gasteiger partial charge in [-0.05, 0) is 31.4 Å². The van der Waals surface area contributed by atoms with Crippen molar-refractivity contribution < 1.29 is 27.6 Å². The lowest BCUT2D eigenvalue weighted by Gasteiger charge is -2.37. The van der Waals surface area contributed by atoms with E-state index in [4.69, 9.17) is 9.29 Å². The van der Waals surface area contributed by atoms with Crippen molar-refractivity contribution in [2.45, 2.75) is 24.3 Å². The van der Waals surface area contributed by atoms with Crippen LogP contribution in [0.3, 0.4) is 0 Å². The molecule has 0 aliphatic carbocycles. The average Bonchev–Trinajstić information content (AvgIpc) is 2.40. The number of hydrogen-bond acceptors (Lipinski definition) is 5. The number of likely N-dealkylation sites (tertiary alicyclic amines) is 1. The van der Waals surface area contributed by atoms with Crippen molar-refractivity contribution >= 4 is 16.2 Å². The maximum atomic E-state index is 11.9. The van der Waals surface area contributed by atoms with Crippen LogP contribution in [0, 0.1) is 12.8 Å². The van der Waals surface area contributed by atoms with Crippen molar-refractivity contribution in [3.05, 3.63) is 29.8 Å². The van der Waals surface area contributed by atoms with Gasteiger partial charge in [0.05, 0.1) is 17.6 Å². The molecule has 0 spiro atoms. The molecular formula is C14H19NO6S. The molecule has 1 amide bonds. The summed E-state index contributed by atoms with van der Waals surface area (Å²) in [6.45, 7) is 2.23. The number of aliphatic hydroxyl groups is 1. The fourth-order valence-electron chi connectivity index (χ4n) is 2.27. The van der Waals surface area contributed by atoms with Gasteiger partial charge in [-0.1, -0.05) is 17.7 Å². The van der Waals surface area contributed by atoms with Crippen LogP contribution in [-0.2, 0) is 14.3 Å². The molecule has 122 valence electrons. The van der Waals surface area contributed by atoms with E-state index in [0.29, 0.717) is 19.5 Å². The van der Waals surface area contributed by atoms with Gasteiger partial charge in [0.25, 0.3) is 10.1 Å². The molecule has 1 saturated heterocycles. The lowest BCUT2D eigenvalue weighted by Crippen LogP contribution is -2.50.